The third-order valence-electron chi connectivity index (χ3n) is 2.44. The molecule has 1 rings (SSSR count). The molecular weight excluding hydrogens is 288 g/mol. The number of rotatable bonds is 8. The van der Waals surface area contributed by atoms with Gasteiger partial charge in [-0.25, -0.2) is 13.6 Å². The summed E-state index contributed by atoms with van der Waals surface area (Å²) in [7, 11) is 1.37. The number of aromatic carboxylic acids is 1. The molecule has 0 aliphatic rings. The van der Waals surface area contributed by atoms with Crippen molar-refractivity contribution in [1.82, 2.24) is 0 Å². The van der Waals surface area contributed by atoms with Gasteiger partial charge in [0, 0.05) is 0 Å². The van der Waals surface area contributed by atoms with Crippen molar-refractivity contribution >= 4 is 17.6 Å². The molecular formula is C13H15F2NO5. The minimum absolute atomic E-state index is 0.0138. The Labute approximate surface area is 119 Å². The average Bonchev–Trinajstić information content (AvgIpc) is 2.43. The first-order valence-corrected chi connectivity index (χ1v) is 6.01. The number of carboxylic acid groups (broad SMARTS) is 1. The molecule has 6 nitrogen and oxygen atoms in total. The van der Waals surface area contributed by atoms with Crippen molar-refractivity contribution in [2.24, 2.45) is 0 Å². The van der Waals surface area contributed by atoms with Gasteiger partial charge in [0.25, 0.3) is 6.43 Å². The Morgan fingerprint density at radius 3 is 2.67 bits per heavy atom. The molecule has 1 amide bonds. The summed E-state index contributed by atoms with van der Waals surface area (Å²) in [4.78, 5) is 22.5. The lowest BCUT2D eigenvalue weighted by Crippen LogP contribution is -2.16. The summed E-state index contributed by atoms with van der Waals surface area (Å²) in [6, 6.07) is 3.99. The van der Waals surface area contributed by atoms with Crippen molar-refractivity contribution in [1.29, 1.82) is 0 Å². The van der Waals surface area contributed by atoms with Crippen molar-refractivity contribution in [2.45, 2.75) is 12.8 Å². The highest BCUT2D eigenvalue weighted by molar-refractivity contribution is 5.95. The lowest BCUT2D eigenvalue weighted by atomic mass is 10.2. The van der Waals surface area contributed by atoms with Gasteiger partial charge in [-0.1, -0.05) is 0 Å². The summed E-state index contributed by atoms with van der Waals surface area (Å²) in [6.45, 7) is -0.887. The van der Waals surface area contributed by atoms with Gasteiger partial charge in [-0.3, -0.25) is 4.79 Å². The Morgan fingerprint density at radius 2 is 2.10 bits per heavy atom. The number of methoxy groups -OCH3 is 1. The standard InChI is InChI=1S/C13H15F2NO5/c1-20-10-3-2-8(13(18)19)6-9(10)16-12(17)4-5-21-7-11(14)15/h2-3,6,11H,4-5,7H2,1H3,(H,16,17)(H,18,19). The third-order valence-corrected chi connectivity index (χ3v) is 2.44. The molecule has 0 saturated carbocycles. The summed E-state index contributed by atoms with van der Waals surface area (Å²) in [5.41, 5.74) is 0.177. The van der Waals surface area contributed by atoms with Crippen LogP contribution >= 0.6 is 0 Å². The number of alkyl halides is 2. The number of halogens is 2. The van der Waals surface area contributed by atoms with Crippen molar-refractivity contribution in [3.63, 3.8) is 0 Å². The summed E-state index contributed by atoms with van der Waals surface area (Å²) in [5, 5.41) is 11.3. The molecule has 0 bridgehead atoms. The van der Waals surface area contributed by atoms with Crippen LogP contribution in [0.25, 0.3) is 0 Å². The van der Waals surface area contributed by atoms with E-state index in [1.54, 1.807) is 0 Å². The largest absolute Gasteiger partial charge is 0.495 e. The van der Waals surface area contributed by atoms with Gasteiger partial charge in [0.2, 0.25) is 5.91 Å². The van der Waals surface area contributed by atoms with E-state index in [0.717, 1.165) is 0 Å². The molecule has 0 atom stereocenters. The molecule has 1 aromatic carbocycles. The zero-order valence-electron chi connectivity index (χ0n) is 11.3. The number of carbonyl (C=O) groups is 2. The minimum atomic E-state index is -2.58. The number of hydrogen-bond donors (Lipinski definition) is 2. The molecule has 8 heteroatoms. The van der Waals surface area contributed by atoms with E-state index in [2.05, 4.69) is 10.1 Å². The number of benzene rings is 1. The maximum absolute atomic E-state index is 11.8. The Kier molecular flexibility index (Phi) is 6.54. The second-order valence-electron chi connectivity index (χ2n) is 3.98. The monoisotopic (exact) mass is 303 g/mol. The first kappa shape index (κ1) is 16.8. The molecule has 0 aromatic heterocycles. The van der Waals surface area contributed by atoms with E-state index in [1.807, 2.05) is 0 Å². The van der Waals surface area contributed by atoms with Crippen molar-refractivity contribution in [2.75, 3.05) is 25.6 Å². The molecule has 1 aromatic rings. The van der Waals surface area contributed by atoms with Gasteiger partial charge in [0.05, 0.1) is 31.4 Å². The number of nitrogens with one attached hydrogen (secondary N) is 1. The lowest BCUT2D eigenvalue weighted by molar-refractivity contribution is -0.117. The summed E-state index contributed by atoms with van der Waals surface area (Å²) in [5.74, 6) is -1.35. The van der Waals surface area contributed by atoms with Crippen LogP contribution in [-0.2, 0) is 9.53 Å². The number of amides is 1. The van der Waals surface area contributed by atoms with Crippen LogP contribution in [0.3, 0.4) is 0 Å². The molecule has 0 spiro atoms. The second kappa shape index (κ2) is 8.15. The fourth-order valence-electron chi connectivity index (χ4n) is 1.49. The van der Waals surface area contributed by atoms with Gasteiger partial charge in [0.15, 0.2) is 0 Å². The highest BCUT2D eigenvalue weighted by Crippen LogP contribution is 2.25. The predicted octanol–water partition coefficient (Wildman–Crippen LogP) is 2.00. The first-order valence-electron chi connectivity index (χ1n) is 6.01. The van der Waals surface area contributed by atoms with E-state index >= 15 is 0 Å². The molecule has 0 saturated heterocycles. The molecule has 21 heavy (non-hydrogen) atoms. The van der Waals surface area contributed by atoms with Gasteiger partial charge >= 0.3 is 5.97 Å². The number of hydrogen-bond acceptors (Lipinski definition) is 4. The van der Waals surface area contributed by atoms with Crippen LogP contribution in [0.2, 0.25) is 0 Å². The molecule has 2 N–H and O–H groups in total. The smallest absolute Gasteiger partial charge is 0.335 e. The lowest BCUT2D eigenvalue weighted by Gasteiger charge is -2.11. The minimum Gasteiger partial charge on any atom is -0.495 e. The van der Waals surface area contributed by atoms with Crippen LogP contribution in [0.4, 0.5) is 14.5 Å². The second-order valence-corrected chi connectivity index (χ2v) is 3.98. The van der Waals surface area contributed by atoms with E-state index in [1.165, 1.54) is 25.3 Å². The number of anilines is 1. The summed E-state index contributed by atoms with van der Waals surface area (Å²) in [6.07, 6.45) is -2.71. The van der Waals surface area contributed by atoms with Crippen molar-refractivity contribution in [3.8, 4) is 5.75 Å². The number of carbonyl (C=O) groups excluding carboxylic acids is 1. The Balaban J connectivity index is 2.61. The van der Waals surface area contributed by atoms with E-state index in [4.69, 9.17) is 9.84 Å². The van der Waals surface area contributed by atoms with Crippen LogP contribution in [0.5, 0.6) is 5.75 Å². The van der Waals surface area contributed by atoms with E-state index < -0.39 is 24.9 Å². The van der Waals surface area contributed by atoms with Crippen LogP contribution in [0.1, 0.15) is 16.8 Å². The van der Waals surface area contributed by atoms with Crippen LogP contribution in [-0.4, -0.2) is 43.7 Å². The highest BCUT2D eigenvalue weighted by atomic mass is 19.3. The highest BCUT2D eigenvalue weighted by Gasteiger charge is 2.12. The maximum Gasteiger partial charge on any atom is 0.335 e. The molecule has 0 fully saturated rings. The van der Waals surface area contributed by atoms with Gasteiger partial charge in [0.1, 0.15) is 12.4 Å². The molecule has 0 unspecified atom stereocenters. The van der Waals surface area contributed by atoms with Gasteiger partial charge in [-0.15, -0.1) is 0 Å². The first-order chi connectivity index (χ1) is 9.93. The maximum atomic E-state index is 11.8. The predicted molar refractivity (Wildman–Crippen MR) is 70.0 cm³/mol. The zero-order chi connectivity index (χ0) is 15.8. The fourth-order valence-corrected chi connectivity index (χ4v) is 1.49. The molecule has 0 aliphatic heterocycles. The third kappa shape index (κ3) is 5.74. The molecule has 0 radical (unpaired) electrons. The summed E-state index contributed by atoms with van der Waals surface area (Å²) >= 11 is 0. The Hall–Kier alpha value is -2.22. The number of carboxylic acids is 1. The quantitative estimate of drug-likeness (QED) is 0.718. The van der Waals surface area contributed by atoms with Crippen molar-refractivity contribution in [3.05, 3.63) is 23.8 Å². The average molecular weight is 303 g/mol. The normalized spacial score (nSPS) is 10.5. The van der Waals surface area contributed by atoms with Crippen molar-refractivity contribution < 1.29 is 33.0 Å². The fraction of sp³-hybridized carbons (Fsp3) is 0.385. The van der Waals surface area contributed by atoms with E-state index in [0.29, 0.717) is 5.75 Å². The SMILES string of the molecule is COc1ccc(C(=O)O)cc1NC(=O)CCOCC(F)F. The zero-order valence-corrected chi connectivity index (χ0v) is 11.3. The van der Waals surface area contributed by atoms with E-state index in [-0.39, 0.29) is 24.3 Å². The Bertz CT molecular complexity index is 507. The molecule has 0 aliphatic carbocycles. The van der Waals surface area contributed by atoms with Gasteiger partial charge < -0.3 is 19.9 Å². The van der Waals surface area contributed by atoms with Gasteiger partial charge in [-0.05, 0) is 18.2 Å². The number of ether oxygens (including phenoxy) is 2. The van der Waals surface area contributed by atoms with Crippen LogP contribution < -0.4 is 10.1 Å². The van der Waals surface area contributed by atoms with E-state index in [9.17, 15) is 18.4 Å². The van der Waals surface area contributed by atoms with Crippen LogP contribution in [0, 0.1) is 0 Å². The van der Waals surface area contributed by atoms with Crippen LogP contribution in [0.15, 0.2) is 18.2 Å². The molecule has 0 heterocycles. The molecule has 116 valence electrons. The Morgan fingerprint density at radius 1 is 1.38 bits per heavy atom. The summed E-state index contributed by atoms with van der Waals surface area (Å²) < 4.78 is 33.2. The topological polar surface area (TPSA) is 84.9 Å². The van der Waals surface area contributed by atoms with Gasteiger partial charge in [-0.2, -0.15) is 0 Å².